The number of amides is 1. The van der Waals surface area contributed by atoms with Gasteiger partial charge in [-0.3, -0.25) is 0 Å². The van der Waals surface area contributed by atoms with Crippen molar-refractivity contribution in [1.82, 2.24) is 24.6 Å². The monoisotopic (exact) mass is 470 g/mol. The lowest BCUT2D eigenvalue weighted by molar-refractivity contribution is 0.0572. The van der Waals surface area contributed by atoms with Gasteiger partial charge in [-0.1, -0.05) is 0 Å². The molecule has 0 bridgehead atoms. The molecule has 180 valence electrons. The molecule has 1 aromatic carbocycles. The van der Waals surface area contributed by atoms with Gasteiger partial charge in [0.05, 0.1) is 30.5 Å². The van der Waals surface area contributed by atoms with Crippen LogP contribution in [-0.4, -0.2) is 90.6 Å². The van der Waals surface area contributed by atoms with Crippen LogP contribution >= 0.6 is 0 Å². The molecular formula is C23H27FN6O4. The molecule has 1 amide bonds. The molecule has 4 atom stereocenters. The van der Waals surface area contributed by atoms with E-state index in [1.165, 1.54) is 0 Å². The van der Waals surface area contributed by atoms with Gasteiger partial charge in [-0.25, -0.2) is 23.8 Å². The third-order valence-electron chi connectivity index (χ3n) is 6.78. The topological polar surface area (TPSA) is 128 Å². The minimum Gasteiger partial charge on any atom is -0.465 e. The van der Waals surface area contributed by atoms with Crippen molar-refractivity contribution in [3.05, 3.63) is 41.3 Å². The van der Waals surface area contributed by atoms with Crippen LogP contribution in [0.15, 0.2) is 24.4 Å². The summed E-state index contributed by atoms with van der Waals surface area (Å²) in [4.78, 5) is 23.2. The van der Waals surface area contributed by atoms with Crippen LogP contribution in [0.1, 0.15) is 29.3 Å². The van der Waals surface area contributed by atoms with Crippen LogP contribution in [0.3, 0.4) is 0 Å². The maximum absolute atomic E-state index is 15.0. The molecule has 3 aromatic rings. The number of rotatable bonds is 3. The number of piperidine rings is 1. The smallest absolute Gasteiger partial charge is 0.407 e. The van der Waals surface area contributed by atoms with Crippen molar-refractivity contribution >= 4 is 22.8 Å². The Hall–Kier alpha value is -3.31. The highest BCUT2D eigenvalue weighted by Gasteiger charge is 2.34. The molecule has 0 aliphatic carbocycles. The Bertz CT molecular complexity index is 1240. The Morgan fingerprint density at radius 3 is 2.44 bits per heavy atom. The number of halogens is 1. The van der Waals surface area contributed by atoms with E-state index in [9.17, 15) is 20.1 Å². The fourth-order valence-electron chi connectivity index (χ4n) is 4.98. The Morgan fingerprint density at radius 1 is 1.06 bits per heavy atom. The van der Waals surface area contributed by atoms with E-state index in [0.29, 0.717) is 30.4 Å². The Balaban J connectivity index is 1.52. The van der Waals surface area contributed by atoms with E-state index in [1.54, 1.807) is 28.8 Å². The lowest BCUT2D eigenvalue weighted by atomic mass is 9.85. The number of aromatic nitrogens is 4. The molecule has 2 aliphatic rings. The zero-order chi connectivity index (χ0) is 24.1. The van der Waals surface area contributed by atoms with E-state index >= 15 is 4.39 Å². The van der Waals surface area contributed by atoms with Crippen LogP contribution < -0.4 is 4.90 Å². The summed E-state index contributed by atoms with van der Waals surface area (Å²) in [6, 6.07) is 5.64. The number of β-amino-alcohol motifs (C(OH)–C–C–N with tert-alkyl or cyclic N) is 2. The number of nitrogens with zero attached hydrogens (tertiary/aromatic N) is 6. The highest BCUT2D eigenvalue weighted by Crippen LogP contribution is 2.35. The molecule has 11 heteroatoms. The predicted octanol–water partition coefficient (Wildman–Crippen LogP) is 1.78. The molecule has 2 saturated heterocycles. The molecule has 2 unspecified atom stereocenters. The van der Waals surface area contributed by atoms with Crippen molar-refractivity contribution in [3.63, 3.8) is 0 Å². The fraction of sp³-hybridized carbons (Fsp3) is 0.478. The number of hydrogen-bond donors (Lipinski definition) is 3. The first-order chi connectivity index (χ1) is 16.2. The van der Waals surface area contributed by atoms with Crippen molar-refractivity contribution in [2.45, 2.75) is 44.6 Å². The number of fused-ring (bicyclic) bond motifs is 1. The van der Waals surface area contributed by atoms with E-state index in [1.807, 2.05) is 19.1 Å². The number of likely N-dealkylation sites (tertiary alicyclic amines) is 1. The number of hydrogen-bond acceptors (Lipinski definition) is 7. The minimum absolute atomic E-state index is 0.140. The van der Waals surface area contributed by atoms with Crippen LogP contribution in [0.4, 0.5) is 15.0 Å². The van der Waals surface area contributed by atoms with Crippen LogP contribution in [0.25, 0.3) is 16.7 Å². The van der Waals surface area contributed by atoms with Gasteiger partial charge in [0.15, 0.2) is 5.82 Å². The molecule has 0 spiro atoms. The second-order valence-corrected chi connectivity index (χ2v) is 9.13. The third-order valence-corrected chi connectivity index (χ3v) is 6.78. The standard InChI is InChI=1S/C23H27FN6O4/c1-12-5-14-8-25-30(18(14)6-16(12)15-3-4-28(23(33)34)9-17(15)24)22-7-21(26-13(2)27-22)29-10-19(31)20(32)11-29/h5-8,15,17,19-20,31-32H,3-4,9-11H2,1-2H3,(H,33,34)/t15?,17?,19-,20+. The number of aryl methyl sites for hydroxylation is 2. The summed E-state index contributed by atoms with van der Waals surface area (Å²) in [6.45, 7) is 4.39. The zero-order valence-corrected chi connectivity index (χ0v) is 19.0. The summed E-state index contributed by atoms with van der Waals surface area (Å²) >= 11 is 0. The molecule has 4 heterocycles. The largest absolute Gasteiger partial charge is 0.465 e. The van der Waals surface area contributed by atoms with Gasteiger partial charge in [0.2, 0.25) is 0 Å². The van der Waals surface area contributed by atoms with Gasteiger partial charge in [0, 0.05) is 37.0 Å². The number of alkyl halides is 1. The average molecular weight is 471 g/mol. The van der Waals surface area contributed by atoms with Gasteiger partial charge in [-0.05, 0) is 43.5 Å². The average Bonchev–Trinajstić information content (AvgIpc) is 3.35. The van der Waals surface area contributed by atoms with Gasteiger partial charge < -0.3 is 25.1 Å². The number of anilines is 1. The zero-order valence-electron chi connectivity index (χ0n) is 19.0. The first-order valence-corrected chi connectivity index (χ1v) is 11.3. The van der Waals surface area contributed by atoms with E-state index < -0.39 is 30.4 Å². The lowest BCUT2D eigenvalue weighted by Gasteiger charge is -2.34. The van der Waals surface area contributed by atoms with Gasteiger partial charge >= 0.3 is 6.09 Å². The second kappa shape index (κ2) is 8.48. The minimum atomic E-state index is -1.29. The van der Waals surface area contributed by atoms with Gasteiger partial charge in [0.1, 0.15) is 17.8 Å². The Kier molecular flexibility index (Phi) is 5.61. The highest BCUT2D eigenvalue weighted by molar-refractivity contribution is 5.82. The van der Waals surface area contributed by atoms with E-state index in [-0.39, 0.29) is 19.6 Å². The normalized spacial score (nSPS) is 25.3. The maximum atomic E-state index is 15.0. The number of carboxylic acid groups (broad SMARTS) is 1. The Labute approximate surface area is 195 Å². The van der Waals surface area contributed by atoms with Gasteiger partial charge in [-0.15, -0.1) is 0 Å². The van der Waals surface area contributed by atoms with E-state index in [4.69, 9.17) is 0 Å². The molecule has 5 rings (SSSR count). The molecule has 10 nitrogen and oxygen atoms in total. The van der Waals surface area contributed by atoms with Crippen molar-refractivity contribution < 1.29 is 24.5 Å². The van der Waals surface area contributed by atoms with Crippen LogP contribution in [0, 0.1) is 13.8 Å². The Morgan fingerprint density at radius 2 is 1.76 bits per heavy atom. The first-order valence-electron chi connectivity index (χ1n) is 11.3. The summed E-state index contributed by atoms with van der Waals surface area (Å²) in [5, 5.41) is 34.4. The van der Waals surface area contributed by atoms with Crippen LogP contribution in [0.5, 0.6) is 0 Å². The second-order valence-electron chi connectivity index (χ2n) is 9.13. The van der Waals surface area contributed by atoms with Crippen molar-refractivity contribution in [2.75, 3.05) is 31.1 Å². The molecule has 34 heavy (non-hydrogen) atoms. The summed E-state index contributed by atoms with van der Waals surface area (Å²) in [6.07, 6.45) is -1.93. The van der Waals surface area contributed by atoms with Crippen molar-refractivity contribution in [2.24, 2.45) is 0 Å². The summed E-state index contributed by atoms with van der Waals surface area (Å²) < 4.78 is 16.7. The lowest BCUT2D eigenvalue weighted by Crippen LogP contribution is -2.43. The molecular weight excluding hydrogens is 443 g/mol. The molecule has 2 aromatic heterocycles. The number of benzene rings is 1. The van der Waals surface area contributed by atoms with Crippen LogP contribution in [0.2, 0.25) is 0 Å². The number of carbonyl (C=O) groups is 1. The molecule has 3 N–H and O–H groups in total. The molecule has 0 radical (unpaired) electrons. The molecule has 2 fully saturated rings. The quantitative estimate of drug-likeness (QED) is 0.529. The van der Waals surface area contributed by atoms with E-state index in [0.717, 1.165) is 26.9 Å². The first kappa shape index (κ1) is 22.5. The number of aliphatic hydroxyl groups is 2. The van der Waals surface area contributed by atoms with Gasteiger partial charge in [-0.2, -0.15) is 5.10 Å². The van der Waals surface area contributed by atoms with Crippen molar-refractivity contribution in [3.8, 4) is 5.82 Å². The van der Waals surface area contributed by atoms with Crippen LogP contribution in [-0.2, 0) is 0 Å². The fourth-order valence-corrected chi connectivity index (χ4v) is 4.98. The van der Waals surface area contributed by atoms with E-state index in [2.05, 4.69) is 15.1 Å². The molecule has 2 aliphatic heterocycles. The highest BCUT2D eigenvalue weighted by atomic mass is 19.1. The third kappa shape index (κ3) is 3.94. The van der Waals surface area contributed by atoms with Crippen molar-refractivity contribution in [1.29, 1.82) is 0 Å². The maximum Gasteiger partial charge on any atom is 0.407 e. The SMILES string of the molecule is Cc1nc(N2C[C@@H](O)[C@@H](O)C2)cc(-n2ncc3cc(C)c(C4CCN(C(=O)O)CC4F)cc32)n1. The predicted molar refractivity (Wildman–Crippen MR) is 122 cm³/mol. The summed E-state index contributed by atoms with van der Waals surface area (Å²) in [5.41, 5.74) is 2.53. The summed E-state index contributed by atoms with van der Waals surface area (Å²) in [5.74, 6) is 1.22. The molecule has 0 saturated carbocycles. The summed E-state index contributed by atoms with van der Waals surface area (Å²) in [7, 11) is 0. The van der Waals surface area contributed by atoms with Gasteiger partial charge in [0.25, 0.3) is 0 Å². The number of aliphatic hydroxyl groups excluding tert-OH is 2.